The number of carboxylic acid groups (broad SMARTS) is 1. The highest BCUT2D eigenvalue weighted by atomic mass is 32.2. The second-order valence-corrected chi connectivity index (χ2v) is 5.49. The Hall–Kier alpha value is -0.910. The number of aliphatic carboxylic acids is 1. The van der Waals surface area contributed by atoms with E-state index in [1.807, 2.05) is 6.26 Å². The first kappa shape index (κ1) is 17.1. The van der Waals surface area contributed by atoms with E-state index >= 15 is 0 Å². The van der Waals surface area contributed by atoms with Crippen molar-refractivity contribution < 1.29 is 14.7 Å². The van der Waals surface area contributed by atoms with Gasteiger partial charge in [0.2, 0.25) is 0 Å². The van der Waals surface area contributed by atoms with E-state index in [0.717, 1.165) is 12.8 Å². The lowest BCUT2D eigenvalue weighted by Crippen LogP contribution is -2.49. The van der Waals surface area contributed by atoms with Gasteiger partial charge in [0, 0.05) is 11.3 Å². The molecule has 0 spiro atoms. The van der Waals surface area contributed by atoms with Crippen LogP contribution < -0.4 is 10.6 Å². The minimum atomic E-state index is -1.00. The van der Waals surface area contributed by atoms with Crippen molar-refractivity contribution in [1.82, 2.24) is 10.6 Å². The number of rotatable bonds is 8. The van der Waals surface area contributed by atoms with Crippen LogP contribution in [0, 0.1) is 0 Å². The fourth-order valence-electron chi connectivity index (χ4n) is 1.65. The van der Waals surface area contributed by atoms with Crippen molar-refractivity contribution in [2.24, 2.45) is 0 Å². The van der Waals surface area contributed by atoms with Crippen LogP contribution in [0.25, 0.3) is 0 Å². The van der Waals surface area contributed by atoms with E-state index in [9.17, 15) is 9.59 Å². The van der Waals surface area contributed by atoms with E-state index in [4.69, 9.17) is 5.11 Å². The van der Waals surface area contributed by atoms with Gasteiger partial charge < -0.3 is 15.7 Å². The van der Waals surface area contributed by atoms with Crippen molar-refractivity contribution >= 4 is 23.8 Å². The summed E-state index contributed by atoms with van der Waals surface area (Å²) in [6.07, 6.45) is 4.32. The van der Waals surface area contributed by atoms with Crippen LogP contribution in [0.2, 0.25) is 0 Å². The number of carbonyl (C=O) groups is 2. The zero-order valence-electron chi connectivity index (χ0n) is 11.6. The SMILES string of the molecule is CCC(NC(=O)NCC(CC)(CC)SC)C(=O)O. The van der Waals surface area contributed by atoms with Crippen LogP contribution in [0.15, 0.2) is 0 Å². The van der Waals surface area contributed by atoms with E-state index < -0.39 is 18.0 Å². The van der Waals surface area contributed by atoms with Crippen LogP contribution in [-0.4, -0.2) is 40.7 Å². The highest BCUT2D eigenvalue weighted by Crippen LogP contribution is 2.29. The van der Waals surface area contributed by atoms with Gasteiger partial charge in [0.15, 0.2) is 0 Å². The topological polar surface area (TPSA) is 78.4 Å². The molecule has 0 rings (SSSR count). The number of nitrogens with one attached hydrogen (secondary N) is 2. The molecule has 0 aliphatic carbocycles. The van der Waals surface area contributed by atoms with Crippen molar-refractivity contribution in [3.05, 3.63) is 0 Å². The second-order valence-electron chi connectivity index (χ2n) is 4.22. The molecular weight excluding hydrogens is 252 g/mol. The number of hydrogen-bond donors (Lipinski definition) is 3. The van der Waals surface area contributed by atoms with E-state index in [1.165, 1.54) is 0 Å². The van der Waals surface area contributed by atoms with E-state index in [0.29, 0.717) is 13.0 Å². The third-order valence-corrected chi connectivity index (χ3v) is 4.89. The molecule has 0 saturated heterocycles. The Morgan fingerprint density at radius 2 is 1.83 bits per heavy atom. The molecule has 0 aliphatic rings. The maximum Gasteiger partial charge on any atom is 0.326 e. The van der Waals surface area contributed by atoms with Crippen LogP contribution in [0.5, 0.6) is 0 Å². The lowest BCUT2D eigenvalue weighted by molar-refractivity contribution is -0.139. The third-order valence-electron chi connectivity index (χ3n) is 3.30. The molecule has 106 valence electrons. The zero-order valence-corrected chi connectivity index (χ0v) is 12.4. The minimum absolute atomic E-state index is 0.0300. The molecule has 6 heteroatoms. The van der Waals surface area contributed by atoms with Gasteiger partial charge in [0.25, 0.3) is 0 Å². The Bertz CT molecular complexity index is 272. The molecule has 0 aromatic rings. The Balaban J connectivity index is 4.28. The average Bonchev–Trinajstić information content (AvgIpc) is 2.38. The number of thioether (sulfide) groups is 1. The van der Waals surface area contributed by atoms with Crippen LogP contribution in [0.3, 0.4) is 0 Å². The molecule has 1 atom stereocenters. The normalized spacial score (nSPS) is 12.9. The van der Waals surface area contributed by atoms with Crippen molar-refractivity contribution in [3.63, 3.8) is 0 Å². The van der Waals surface area contributed by atoms with Crippen molar-refractivity contribution in [1.29, 1.82) is 0 Å². The van der Waals surface area contributed by atoms with E-state index in [2.05, 4.69) is 24.5 Å². The number of amides is 2. The highest BCUT2D eigenvalue weighted by molar-refractivity contribution is 8.00. The lowest BCUT2D eigenvalue weighted by Gasteiger charge is -2.30. The first-order chi connectivity index (χ1) is 8.44. The summed E-state index contributed by atoms with van der Waals surface area (Å²) in [6, 6.07) is -1.23. The number of urea groups is 1. The summed E-state index contributed by atoms with van der Waals surface area (Å²) in [4.78, 5) is 22.4. The molecule has 0 aliphatic heterocycles. The first-order valence-corrected chi connectivity index (χ1v) is 7.49. The van der Waals surface area contributed by atoms with Gasteiger partial charge >= 0.3 is 12.0 Å². The molecule has 2 amide bonds. The number of hydrogen-bond acceptors (Lipinski definition) is 3. The Morgan fingerprint density at radius 3 is 2.17 bits per heavy atom. The molecule has 1 unspecified atom stereocenters. The predicted octanol–water partition coefficient (Wildman–Crippen LogP) is 2.07. The van der Waals surface area contributed by atoms with Gasteiger partial charge in [-0.25, -0.2) is 9.59 Å². The molecule has 0 heterocycles. The number of carboxylic acids is 1. The molecule has 3 N–H and O–H groups in total. The quantitative estimate of drug-likeness (QED) is 0.634. The molecule has 18 heavy (non-hydrogen) atoms. The van der Waals surface area contributed by atoms with Crippen molar-refractivity contribution in [3.8, 4) is 0 Å². The summed E-state index contributed by atoms with van der Waals surface area (Å²) in [5.41, 5.74) is 0. The third kappa shape index (κ3) is 5.16. The van der Waals surface area contributed by atoms with Gasteiger partial charge in [-0.1, -0.05) is 20.8 Å². The summed E-state index contributed by atoms with van der Waals surface area (Å²) in [6.45, 7) is 6.45. The summed E-state index contributed by atoms with van der Waals surface area (Å²) in [5, 5.41) is 14.1. The Kier molecular flexibility index (Phi) is 7.82. The van der Waals surface area contributed by atoms with Crippen LogP contribution in [0.4, 0.5) is 4.79 Å². The van der Waals surface area contributed by atoms with Crippen molar-refractivity contribution in [2.45, 2.75) is 50.8 Å². The van der Waals surface area contributed by atoms with Crippen LogP contribution in [0.1, 0.15) is 40.0 Å². The summed E-state index contributed by atoms with van der Waals surface area (Å²) in [5.74, 6) is -1.00. The van der Waals surface area contributed by atoms with Gasteiger partial charge in [0.05, 0.1) is 0 Å². The lowest BCUT2D eigenvalue weighted by atomic mass is 10.0. The fraction of sp³-hybridized carbons (Fsp3) is 0.833. The second kappa shape index (κ2) is 8.24. The maximum atomic E-state index is 11.6. The Labute approximate surface area is 113 Å². The molecule has 5 nitrogen and oxygen atoms in total. The molecule has 0 radical (unpaired) electrons. The monoisotopic (exact) mass is 276 g/mol. The number of carbonyl (C=O) groups excluding carboxylic acids is 1. The van der Waals surface area contributed by atoms with Gasteiger partial charge in [-0.2, -0.15) is 11.8 Å². The average molecular weight is 276 g/mol. The molecule has 0 aromatic heterocycles. The molecule has 0 bridgehead atoms. The van der Waals surface area contributed by atoms with Crippen LogP contribution >= 0.6 is 11.8 Å². The first-order valence-electron chi connectivity index (χ1n) is 6.27. The van der Waals surface area contributed by atoms with Gasteiger partial charge in [-0.05, 0) is 25.5 Å². The van der Waals surface area contributed by atoms with Gasteiger partial charge in [-0.3, -0.25) is 0 Å². The molecule has 0 saturated carbocycles. The standard InChI is InChI=1S/C12H24N2O3S/c1-5-9(10(15)16)14-11(17)13-8-12(6-2,7-3)18-4/h9H,5-8H2,1-4H3,(H,15,16)(H2,13,14,17). The van der Waals surface area contributed by atoms with E-state index in [-0.39, 0.29) is 4.75 Å². The van der Waals surface area contributed by atoms with Crippen LogP contribution in [-0.2, 0) is 4.79 Å². The molecular formula is C12H24N2O3S. The summed E-state index contributed by atoms with van der Waals surface area (Å²) >= 11 is 1.73. The maximum absolute atomic E-state index is 11.6. The minimum Gasteiger partial charge on any atom is -0.480 e. The van der Waals surface area contributed by atoms with Gasteiger partial charge in [-0.15, -0.1) is 0 Å². The van der Waals surface area contributed by atoms with E-state index in [1.54, 1.807) is 18.7 Å². The highest BCUT2D eigenvalue weighted by Gasteiger charge is 2.26. The summed E-state index contributed by atoms with van der Waals surface area (Å²) < 4.78 is 0.0300. The molecule has 0 aromatic carbocycles. The Morgan fingerprint density at radius 1 is 1.28 bits per heavy atom. The van der Waals surface area contributed by atoms with Crippen molar-refractivity contribution in [2.75, 3.05) is 12.8 Å². The smallest absolute Gasteiger partial charge is 0.326 e. The zero-order chi connectivity index (χ0) is 14.2. The fourth-order valence-corrected chi connectivity index (χ4v) is 2.44. The molecule has 0 fully saturated rings. The predicted molar refractivity (Wildman–Crippen MR) is 75.1 cm³/mol. The largest absolute Gasteiger partial charge is 0.480 e. The summed E-state index contributed by atoms with van der Waals surface area (Å²) in [7, 11) is 0. The van der Waals surface area contributed by atoms with Gasteiger partial charge in [0.1, 0.15) is 6.04 Å².